The zero-order valence-electron chi connectivity index (χ0n) is 20.1. The molecule has 6 nitrogen and oxygen atoms in total. The number of aromatic amines is 1. The molecular formula is C30H28N2O4. The van der Waals surface area contributed by atoms with E-state index in [2.05, 4.69) is 35.4 Å². The first-order valence-corrected chi connectivity index (χ1v) is 12.1. The first kappa shape index (κ1) is 23.3. The van der Waals surface area contributed by atoms with Crippen molar-refractivity contribution in [1.82, 2.24) is 4.98 Å². The number of carboxylic acid groups (broad SMARTS) is 1. The van der Waals surface area contributed by atoms with E-state index in [0.29, 0.717) is 19.4 Å². The van der Waals surface area contributed by atoms with Gasteiger partial charge in [0.25, 0.3) is 0 Å². The summed E-state index contributed by atoms with van der Waals surface area (Å²) in [6.45, 7) is 2.61. The van der Waals surface area contributed by atoms with Crippen LogP contribution in [0.25, 0.3) is 21.7 Å². The van der Waals surface area contributed by atoms with Gasteiger partial charge < -0.3 is 24.9 Å². The standard InChI is InChI=1S/C30H28N2O4/c1-2-20-10-4-6-16-25(20)31-26-17-8-14-23-24(29(32-28(23)26)36-30(33)34)15-9-19-35-27-18-7-12-21-11-3-5-13-22(21)27/h3-8,10-14,16-18,31-32H,2,9,15,19H2,1H3,(H,33,34). The molecule has 0 aliphatic heterocycles. The molecule has 5 aromatic rings. The SMILES string of the molecule is CCc1ccccc1Nc1cccc2c(CCCOc3cccc4ccccc34)c(OC(=O)O)[nH]c12. The van der Waals surface area contributed by atoms with Crippen LogP contribution in [0.5, 0.6) is 11.6 Å². The minimum absolute atomic E-state index is 0.251. The fourth-order valence-electron chi connectivity index (χ4n) is 4.62. The summed E-state index contributed by atoms with van der Waals surface area (Å²) in [5.41, 5.74) is 4.72. The predicted octanol–water partition coefficient (Wildman–Crippen LogP) is 7.70. The van der Waals surface area contributed by atoms with Crippen LogP contribution in [0.3, 0.4) is 0 Å². The Morgan fingerprint density at radius 2 is 1.61 bits per heavy atom. The number of H-pyrrole nitrogens is 1. The molecule has 0 atom stereocenters. The van der Waals surface area contributed by atoms with Crippen molar-refractivity contribution in [2.45, 2.75) is 26.2 Å². The molecule has 182 valence electrons. The van der Waals surface area contributed by atoms with Gasteiger partial charge in [0.15, 0.2) is 0 Å². The monoisotopic (exact) mass is 480 g/mol. The van der Waals surface area contributed by atoms with Crippen molar-refractivity contribution in [1.29, 1.82) is 0 Å². The van der Waals surface area contributed by atoms with Crippen LogP contribution in [-0.4, -0.2) is 22.9 Å². The van der Waals surface area contributed by atoms with E-state index >= 15 is 0 Å². The molecule has 0 fully saturated rings. The molecule has 5 rings (SSSR count). The van der Waals surface area contributed by atoms with Crippen molar-refractivity contribution >= 4 is 39.2 Å². The molecule has 0 amide bonds. The predicted molar refractivity (Wildman–Crippen MR) is 144 cm³/mol. The number of hydrogen-bond acceptors (Lipinski definition) is 4. The Morgan fingerprint density at radius 3 is 2.47 bits per heavy atom. The number of rotatable bonds is 9. The number of para-hydroxylation sites is 2. The summed E-state index contributed by atoms with van der Waals surface area (Å²) in [6, 6.07) is 28.2. The molecule has 0 saturated heterocycles. The second-order valence-corrected chi connectivity index (χ2v) is 8.59. The third-order valence-electron chi connectivity index (χ3n) is 6.34. The Kier molecular flexibility index (Phi) is 6.76. The number of anilines is 2. The first-order valence-electron chi connectivity index (χ1n) is 12.1. The first-order chi connectivity index (χ1) is 17.6. The minimum atomic E-state index is -1.35. The fourth-order valence-corrected chi connectivity index (χ4v) is 4.62. The summed E-state index contributed by atoms with van der Waals surface area (Å²) in [7, 11) is 0. The smallest absolute Gasteiger partial charge is 0.493 e. The normalized spacial score (nSPS) is 11.0. The highest BCUT2D eigenvalue weighted by molar-refractivity contribution is 5.97. The van der Waals surface area contributed by atoms with Gasteiger partial charge in [-0.3, -0.25) is 0 Å². The lowest BCUT2D eigenvalue weighted by atomic mass is 10.1. The Morgan fingerprint density at radius 1 is 0.889 bits per heavy atom. The Bertz CT molecular complexity index is 1520. The van der Waals surface area contributed by atoms with E-state index in [9.17, 15) is 9.90 Å². The van der Waals surface area contributed by atoms with Crippen LogP contribution in [0, 0.1) is 0 Å². The third kappa shape index (κ3) is 4.84. The van der Waals surface area contributed by atoms with E-state index in [0.717, 1.165) is 50.8 Å². The topological polar surface area (TPSA) is 83.6 Å². The molecule has 0 radical (unpaired) electrons. The second-order valence-electron chi connectivity index (χ2n) is 8.59. The Labute approximate surface area is 209 Å². The minimum Gasteiger partial charge on any atom is -0.493 e. The summed E-state index contributed by atoms with van der Waals surface area (Å²) in [6.07, 6.45) is 0.852. The van der Waals surface area contributed by atoms with E-state index < -0.39 is 6.16 Å². The number of aryl methyl sites for hydroxylation is 2. The van der Waals surface area contributed by atoms with Crippen molar-refractivity contribution in [3.63, 3.8) is 0 Å². The lowest BCUT2D eigenvalue weighted by Crippen LogP contribution is -2.06. The summed E-state index contributed by atoms with van der Waals surface area (Å²) >= 11 is 0. The molecule has 0 bridgehead atoms. The number of nitrogens with one attached hydrogen (secondary N) is 2. The van der Waals surface area contributed by atoms with Gasteiger partial charge in [0.05, 0.1) is 17.8 Å². The Hall–Kier alpha value is -4.45. The highest BCUT2D eigenvalue weighted by Crippen LogP contribution is 2.35. The van der Waals surface area contributed by atoms with Gasteiger partial charge in [-0.2, -0.15) is 0 Å². The molecule has 0 aliphatic rings. The lowest BCUT2D eigenvalue weighted by Gasteiger charge is -2.12. The van der Waals surface area contributed by atoms with Crippen molar-refractivity contribution in [3.8, 4) is 11.6 Å². The van der Waals surface area contributed by atoms with Crippen molar-refractivity contribution in [2.75, 3.05) is 11.9 Å². The van der Waals surface area contributed by atoms with Gasteiger partial charge in [-0.05, 0) is 48.4 Å². The summed E-state index contributed by atoms with van der Waals surface area (Å²) < 4.78 is 11.2. The van der Waals surface area contributed by atoms with Crippen molar-refractivity contribution in [3.05, 3.63) is 96.1 Å². The van der Waals surface area contributed by atoms with Crippen LogP contribution >= 0.6 is 0 Å². The van der Waals surface area contributed by atoms with Gasteiger partial charge >= 0.3 is 6.16 Å². The fraction of sp³-hybridized carbons (Fsp3) is 0.167. The van der Waals surface area contributed by atoms with Crippen molar-refractivity contribution in [2.24, 2.45) is 0 Å². The van der Waals surface area contributed by atoms with Gasteiger partial charge in [0.2, 0.25) is 5.88 Å². The third-order valence-corrected chi connectivity index (χ3v) is 6.34. The molecule has 1 aromatic heterocycles. The van der Waals surface area contributed by atoms with Crippen LogP contribution in [0.15, 0.2) is 84.9 Å². The molecular weight excluding hydrogens is 452 g/mol. The number of hydrogen-bond donors (Lipinski definition) is 3. The maximum Gasteiger partial charge on any atom is 0.512 e. The summed E-state index contributed by atoms with van der Waals surface area (Å²) in [4.78, 5) is 14.6. The Balaban J connectivity index is 1.38. The number of carbonyl (C=O) groups is 1. The molecule has 3 N–H and O–H groups in total. The molecule has 0 unspecified atom stereocenters. The zero-order valence-corrected chi connectivity index (χ0v) is 20.1. The summed E-state index contributed by atoms with van der Waals surface area (Å²) in [5.74, 6) is 1.09. The van der Waals surface area contributed by atoms with E-state index in [4.69, 9.17) is 9.47 Å². The van der Waals surface area contributed by atoms with Crippen LogP contribution in [-0.2, 0) is 12.8 Å². The molecule has 1 heterocycles. The van der Waals surface area contributed by atoms with Crippen LogP contribution in [0.1, 0.15) is 24.5 Å². The number of aromatic nitrogens is 1. The number of ether oxygens (including phenoxy) is 2. The van der Waals surface area contributed by atoms with Gasteiger partial charge in [0.1, 0.15) is 5.75 Å². The van der Waals surface area contributed by atoms with Crippen molar-refractivity contribution < 1.29 is 19.4 Å². The van der Waals surface area contributed by atoms with E-state index in [1.165, 1.54) is 5.56 Å². The molecule has 0 spiro atoms. The van der Waals surface area contributed by atoms with Gasteiger partial charge in [0, 0.05) is 22.0 Å². The van der Waals surface area contributed by atoms with E-state index in [1.54, 1.807) is 0 Å². The molecule has 36 heavy (non-hydrogen) atoms. The molecule has 0 aliphatic carbocycles. The highest BCUT2D eigenvalue weighted by Gasteiger charge is 2.18. The van der Waals surface area contributed by atoms with Crippen LogP contribution in [0.4, 0.5) is 16.2 Å². The number of fused-ring (bicyclic) bond motifs is 2. The van der Waals surface area contributed by atoms with E-state index in [1.807, 2.05) is 66.7 Å². The quantitative estimate of drug-likeness (QED) is 0.149. The van der Waals surface area contributed by atoms with Gasteiger partial charge in [-0.1, -0.05) is 73.7 Å². The lowest BCUT2D eigenvalue weighted by molar-refractivity contribution is 0.142. The van der Waals surface area contributed by atoms with Crippen LogP contribution in [0.2, 0.25) is 0 Å². The average molecular weight is 481 g/mol. The summed E-state index contributed by atoms with van der Waals surface area (Å²) in [5, 5.41) is 16.0. The maximum atomic E-state index is 11.4. The number of benzene rings is 4. The zero-order chi connectivity index (χ0) is 24.9. The highest BCUT2D eigenvalue weighted by atomic mass is 16.7. The average Bonchev–Trinajstić information content (AvgIpc) is 3.24. The van der Waals surface area contributed by atoms with Crippen LogP contribution < -0.4 is 14.8 Å². The maximum absolute atomic E-state index is 11.4. The molecule has 4 aromatic carbocycles. The van der Waals surface area contributed by atoms with E-state index in [-0.39, 0.29) is 5.88 Å². The molecule has 6 heteroatoms. The molecule has 0 saturated carbocycles. The second kappa shape index (κ2) is 10.4. The largest absolute Gasteiger partial charge is 0.512 e. The van der Waals surface area contributed by atoms with Gasteiger partial charge in [-0.25, -0.2) is 4.79 Å². The van der Waals surface area contributed by atoms with Gasteiger partial charge in [-0.15, -0.1) is 0 Å².